The van der Waals surface area contributed by atoms with Gasteiger partial charge in [0.05, 0.1) is 0 Å². The fraction of sp³-hybridized carbons (Fsp3) is 0.312. The molecule has 6 rings (SSSR count). The number of aromatic hydroxyl groups is 1. The first-order valence-corrected chi connectivity index (χ1v) is 13.8. The van der Waals surface area contributed by atoms with E-state index in [-0.39, 0.29) is 5.41 Å². The molecular formula is C32H32OS. The highest BCUT2D eigenvalue weighted by Crippen LogP contribution is 2.58. The Morgan fingerprint density at radius 3 is 2.21 bits per heavy atom. The molecule has 1 N–H and O–H groups in total. The fourth-order valence-corrected chi connectivity index (χ4v) is 7.37. The Morgan fingerprint density at radius 2 is 1.44 bits per heavy atom. The summed E-state index contributed by atoms with van der Waals surface area (Å²) in [6.07, 6.45) is 8.87. The van der Waals surface area contributed by atoms with Gasteiger partial charge in [0.15, 0.2) is 0 Å². The molecule has 1 spiro atoms. The van der Waals surface area contributed by atoms with Crippen molar-refractivity contribution in [3.63, 3.8) is 0 Å². The molecule has 0 bridgehead atoms. The number of rotatable bonds is 3. The van der Waals surface area contributed by atoms with Gasteiger partial charge in [-0.05, 0) is 75.6 Å². The Balaban J connectivity index is 1.66. The molecule has 172 valence electrons. The summed E-state index contributed by atoms with van der Waals surface area (Å²) < 4.78 is 0. The van der Waals surface area contributed by atoms with E-state index in [1.54, 1.807) is 0 Å². The van der Waals surface area contributed by atoms with Gasteiger partial charge in [0.25, 0.3) is 0 Å². The lowest BCUT2D eigenvalue weighted by Gasteiger charge is -2.34. The van der Waals surface area contributed by atoms with Crippen LogP contribution >= 0.6 is 11.8 Å². The number of thioether (sulfide) groups is 1. The minimum Gasteiger partial charge on any atom is -0.507 e. The van der Waals surface area contributed by atoms with E-state index in [0.29, 0.717) is 5.75 Å². The Labute approximate surface area is 207 Å². The molecule has 0 radical (unpaired) electrons. The third kappa shape index (κ3) is 3.38. The molecule has 0 unspecified atom stereocenters. The monoisotopic (exact) mass is 464 g/mol. The lowest BCUT2D eigenvalue weighted by atomic mass is 9.69. The Morgan fingerprint density at radius 1 is 0.735 bits per heavy atom. The number of phenolic OH excluding ortho intramolecular Hbond substituents is 1. The van der Waals surface area contributed by atoms with Crippen molar-refractivity contribution in [3.05, 3.63) is 83.9 Å². The number of hydrogen-bond donors (Lipinski definition) is 1. The molecule has 0 saturated heterocycles. The van der Waals surface area contributed by atoms with Crippen molar-refractivity contribution in [2.45, 2.75) is 62.2 Å². The highest BCUT2D eigenvalue weighted by Gasteiger charge is 2.43. The maximum atomic E-state index is 11.4. The summed E-state index contributed by atoms with van der Waals surface area (Å²) in [5.74, 6) is 1.44. The van der Waals surface area contributed by atoms with Crippen molar-refractivity contribution in [1.82, 2.24) is 0 Å². The summed E-state index contributed by atoms with van der Waals surface area (Å²) in [4.78, 5) is 1.30. The Bertz CT molecular complexity index is 1350. The van der Waals surface area contributed by atoms with Gasteiger partial charge in [0.2, 0.25) is 0 Å². The van der Waals surface area contributed by atoms with Gasteiger partial charge in [0, 0.05) is 15.7 Å². The maximum Gasteiger partial charge on any atom is 0.123 e. The third-order valence-electron chi connectivity index (χ3n) is 8.03. The van der Waals surface area contributed by atoms with Crippen LogP contribution in [0, 0.1) is 0 Å². The smallest absolute Gasteiger partial charge is 0.123 e. The quantitative estimate of drug-likeness (QED) is 0.305. The molecule has 0 heterocycles. The van der Waals surface area contributed by atoms with E-state index in [2.05, 4.69) is 79.7 Å². The van der Waals surface area contributed by atoms with Crippen LogP contribution in [0.15, 0.2) is 77.7 Å². The van der Waals surface area contributed by atoms with Crippen molar-refractivity contribution in [2.24, 2.45) is 0 Å². The number of fused-ring (bicyclic) bond motifs is 7. The van der Waals surface area contributed by atoms with Crippen molar-refractivity contribution >= 4 is 22.5 Å². The van der Waals surface area contributed by atoms with E-state index in [1.165, 1.54) is 88.6 Å². The summed E-state index contributed by atoms with van der Waals surface area (Å²) in [6, 6.07) is 26.4. The van der Waals surface area contributed by atoms with Gasteiger partial charge in [-0.15, -0.1) is 11.8 Å². The zero-order chi connectivity index (χ0) is 23.1. The summed E-state index contributed by atoms with van der Waals surface area (Å²) in [5, 5.41) is 13.6. The van der Waals surface area contributed by atoms with Crippen LogP contribution in [0.25, 0.3) is 33.0 Å². The second-order valence-corrected chi connectivity index (χ2v) is 11.2. The largest absolute Gasteiger partial charge is 0.507 e. The van der Waals surface area contributed by atoms with Crippen LogP contribution < -0.4 is 0 Å². The van der Waals surface area contributed by atoms with E-state index >= 15 is 0 Å². The standard InChI is InChI=1S/C32H32OS/c1-2-34-30-20-26-25(19-24(30)22-13-7-6-8-14-22)29(33)21-28-31(26)23-15-9-10-16-27(23)32(28)17-11-4-3-5-12-18-32/h6-10,13-16,19-21,33H,2-5,11-12,17-18H2,1H3. The molecule has 1 nitrogen and oxygen atoms in total. The van der Waals surface area contributed by atoms with E-state index in [9.17, 15) is 5.11 Å². The fourth-order valence-electron chi connectivity index (χ4n) is 6.53. The predicted octanol–water partition coefficient (Wildman–Crippen LogP) is 9.34. The van der Waals surface area contributed by atoms with Gasteiger partial charge in [-0.25, -0.2) is 0 Å². The second kappa shape index (κ2) is 8.82. The molecular weight excluding hydrogens is 432 g/mol. The SMILES string of the molecule is CCSc1cc2c3c(cc(O)c2cc1-c1ccccc1)C1(CCCCCCC1)c1ccccc1-3. The summed E-state index contributed by atoms with van der Waals surface area (Å²) in [7, 11) is 0. The Kier molecular flexibility index (Phi) is 5.65. The van der Waals surface area contributed by atoms with Crippen LogP contribution in [0.5, 0.6) is 5.75 Å². The Hall–Kier alpha value is -2.71. The molecule has 4 aromatic carbocycles. The average molecular weight is 465 g/mol. The summed E-state index contributed by atoms with van der Waals surface area (Å²) >= 11 is 1.90. The zero-order valence-electron chi connectivity index (χ0n) is 19.9. The first kappa shape index (κ1) is 21.8. The number of phenols is 1. The van der Waals surface area contributed by atoms with Crippen LogP contribution in [0.1, 0.15) is 63.0 Å². The van der Waals surface area contributed by atoms with Crippen molar-refractivity contribution in [3.8, 4) is 28.0 Å². The zero-order valence-corrected chi connectivity index (χ0v) is 20.8. The van der Waals surface area contributed by atoms with Crippen molar-refractivity contribution in [1.29, 1.82) is 0 Å². The van der Waals surface area contributed by atoms with Gasteiger partial charge in [-0.2, -0.15) is 0 Å². The molecule has 1 fully saturated rings. The van der Waals surface area contributed by atoms with Gasteiger partial charge in [0.1, 0.15) is 5.75 Å². The normalized spacial score (nSPS) is 16.7. The molecule has 1 saturated carbocycles. The van der Waals surface area contributed by atoms with Crippen LogP contribution in [-0.2, 0) is 5.41 Å². The molecule has 2 aliphatic rings. The van der Waals surface area contributed by atoms with Crippen molar-refractivity contribution in [2.75, 3.05) is 5.75 Å². The molecule has 2 aliphatic carbocycles. The van der Waals surface area contributed by atoms with Crippen LogP contribution in [0.2, 0.25) is 0 Å². The van der Waals surface area contributed by atoms with Crippen LogP contribution in [0.3, 0.4) is 0 Å². The highest BCUT2D eigenvalue weighted by molar-refractivity contribution is 7.99. The van der Waals surface area contributed by atoms with Gasteiger partial charge in [-0.3, -0.25) is 0 Å². The molecule has 34 heavy (non-hydrogen) atoms. The van der Waals surface area contributed by atoms with Crippen LogP contribution in [0.4, 0.5) is 0 Å². The van der Waals surface area contributed by atoms with Gasteiger partial charge < -0.3 is 5.11 Å². The lowest BCUT2D eigenvalue weighted by molar-refractivity contribution is 0.372. The van der Waals surface area contributed by atoms with E-state index < -0.39 is 0 Å². The minimum absolute atomic E-state index is 0.0359. The molecule has 0 atom stereocenters. The molecule has 0 amide bonds. The van der Waals surface area contributed by atoms with Crippen molar-refractivity contribution < 1.29 is 5.11 Å². The summed E-state index contributed by atoms with van der Waals surface area (Å²) in [5.41, 5.74) is 8.04. The maximum absolute atomic E-state index is 11.4. The van der Waals surface area contributed by atoms with Gasteiger partial charge >= 0.3 is 0 Å². The average Bonchev–Trinajstić information content (AvgIpc) is 3.12. The van der Waals surface area contributed by atoms with E-state index in [1.807, 2.05) is 11.8 Å². The number of benzene rings is 4. The molecule has 0 aliphatic heterocycles. The van der Waals surface area contributed by atoms with E-state index in [4.69, 9.17) is 0 Å². The van der Waals surface area contributed by atoms with Gasteiger partial charge in [-0.1, -0.05) is 93.6 Å². The first-order valence-electron chi connectivity index (χ1n) is 12.9. The molecule has 2 heteroatoms. The first-order chi connectivity index (χ1) is 16.7. The predicted molar refractivity (Wildman–Crippen MR) is 146 cm³/mol. The third-order valence-corrected chi connectivity index (χ3v) is 8.97. The van der Waals surface area contributed by atoms with Crippen LogP contribution in [-0.4, -0.2) is 10.9 Å². The highest BCUT2D eigenvalue weighted by atomic mass is 32.2. The number of hydrogen-bond acceptors (Lipinski definition) is 2. The molecule has 4 aromatic rings. The lowest BCUT2D eigenvalue weighted by Crippen LogP contribution is -2.26. The minimum atomic E-state index is 0.0359. The topological polar surface area (TPSA) is 20.2 Å². The van der Waals surface area contributed by atoms with E-state index in [0.717, 1.165) is 11.1 Å². The second-order valence-electron chi connectivity index (χ2n) is 9.91. The molecule has 0 aromatic heterocycles. The summed E-state index contributed by atoms with van der Waals surface area (Å²) in [6.45, 7) is 2.22.